The zero-order valence-electron chi connectivity index (χ0n) is 12.2. The van der Waals surface area contributed by atoms with Crippen LogP contribution in [0.2, 0.25) is 0 Å². The van der Waals surface area contributed by atoms with Crippen LogP contribution < -0.4 is 0 Å². The van der Waals surface area contributed by atoms with E-state index in [2.05, 4.69) is 27.9 Å². The highest BCUT2D eigenvalue weighted by molar-refractivity contribution is 6.06. The molecular formula is C15H20O5. The van der Waals surface area contributed by atoms with Crippen LogP contribution in [0.3, 0.4) is 0 Å². The van der Waals surface area contributed by atoms with Crippen molar-refractivity contribution in [3.63, 3.8) is 0 Å². The SMILES string of the molecule is C=CCC(CC#CCOC(=O)OC)(C(C)=O)C(=O)CC. The zero-order valence-corrected chi connectivity index (χ0v) is 12.2. The molecule has 0 spiro atoms. The molecule has 0 aromatic heterocycles. The van der Waals surface area contributed by atoms with Gasteiger partial charge in [-0.1, -0.05) is 24.8 Å². The predicted molar refractivity (Wildman–Crippen MR) is 74.0 cm³/mol. The molecular weight excluding hydrogens is 260 g/mol. The second-order valence-electron chi connectivity index (χ2n) is 4.18. The summed E-state index contributed by atoms with van der Waals surface area (Å²) in [5, 5.41) is 0. The van der Waals surface area contributed by atoms with Gasteiger partial charge in [0.25, 0.3) is 0 Å². The molecule has 0 fully saturated rings. The monoisotopic (exact) mass is 280 g/mol. The number of carbonyl (C=O) groups is 3. The molecule has 0 aromatic carbocycles. The first-order valence-corrected chi connectivity index (χ1v) is 6.26. The smallest absolute Gasteiger partial charge is 0.438 e. The highest BCUT2D eigenvalue weighted by Gasteiger charge is 2.39. The Hall–Kier alpha value is -2.09. The third-order valence-electron chi connectivity index (χ3n) is 2.97. The molecule has 5 nitrogen and oxygen atoms in total. The van der Waals surface area contributed by atoms with Crippen molar-refractivity contribution < 1.29 is 23.9 Å². The van der Waals surface area contributed by atoms with Crippen molar-refractivity contribution in [2.45, 2.75) is 33.1 Å². The molecule has 0 aliphatic rings. The Bertz CT molecular complexity index is 441. The summed E-state index contributed by atoms with van der Waals surface area (Å²) >= 11 is 0. The van der Waals surface area contributed by atoms with E-state index in [-0.39, 0.29) is 37.4 Å². The van der Waals surface area contributed by atoms with E-state index in [1.807, 2.05) is 0 Å². The van der Waals surface area contributed by atoms with E-state index in [1.54, 1.807) is 13.0 Å². The molecule has 1 atom stereocenters. The van der Waals surface area contributed by atoms with E-state index in [0.29, 0.717) is 0 Å². The number of allylic oxidation sites excluding steroid dienone is 1. The van der Waals surface area contributed by atoms with Gasteiger partial charge in [-0.3, -0.25) is 9.59 Å². The lowest BCUT2D eigenvalue weighted by atomic mass is 9.73. The molecule has 0 aromatic rings. The van der Waals surface area contributed by atoms with Crippen molar-refractivity contribution in [3.05, 3.63) is 12.7 Å². The minimum absolute atomic E-state index is 0.0888. The number of Topliss-reactive ketones (excluding diaryl/α,β-unsaturated/α-hetero) is 2. The number of ketones is 2. The van der Waals surface area contributed by atoms with Gasteiger partial charge in [0.05, 0.1) is 7.11 Å². The summed E-state index contributed by atoms with van der Waals surface area (Å²) in [6.07, 6.45) is 1.32. The van der Waals surface area contributed by atoms with Gasteiger partial charge >= 0.3 is 6.16 Å². The maximum atomic E-state index is 12.0. The fourth-order valence-corrected chi connectivity index (χ4v) is 1.75. The van der Waals surface area contributed by atoms with Crippen LogP contribution in [-0.2, 0) is 19.1 Å². The fourth-order valence-electron chi connectivity index (χ4n) is 1.75. The molecule has 0 rings (SSSR count). The van der Waals surface area contributed by atoms with E-state index >= 15 is 0 Å². The lowest BCUT2D eigenvalue weighted by molar-refractivity contribution is -0.139. The number of methoxy groups -OCH3 is 1. The molecule has 5 heteroatoms. The molecule has 0 bridgehead atoms. The van der Waals surface area contributed by atoms with E-state index in [1.165, 1.54) is 14.0 Å². The van der Waals surface area contributed by atoms with Gasteiger partial charge in [-0.25, -0.2) is 4.79 Å². The maximum absolute atomic E-state index is 12.0. The van der Waals surface area contributed by atoms with Crippen molar-refractivity contribution in [2.75, 3.05) is 13.7 Å². The third kappa shape index (κ3) is 4.88. The molecule has 0 saturated heterocycles. The van der Waals surface area contributed by atoms with Crippen LogP contribution in [0.25, 0.3) is 0 Å². The van der Waals surface area contributed by atoms with Gasteiger partial charge in [0, 0.05) is 12.8 Å². The second-order valence-corrected chi connectivity index (χ2v) is 4.18. The first-order chi connectivity index (χ1) is 9.44. The van der Waals surface area contributed by atoms with E-state index in [4.69, 9.17) is 0 Å². The van der Waals surface area contributed by atoms with Gasteiger partial charge in [-0.2, -0.15) is 0 Å². The van der Waals surface area contributed by atoms with Crippen LogP contribution in [0.15, 0.2) is 12.7 Å². The molecule has 0 aliphatic heterocycles. The van der Waals surface area contributed by atoms with Crippen LogP contribution >= 0.6 is 0 Å². The quantitative estimate of drug-likeness (QED) is 0.310. The summed E-state index contributed by atoms with van der Waals surface area (Å²) in [6.45, 7) is 6.52. The van der Waals surface area contributed by atoms with Gasteiger partial charge in [-0.05, 0) is 13.3 Å². The lowest BCUT2D eigenvalue weighted by Gasteiger charge is -2.26. The van der Waals surface area contributed by atoms with Gasteiger partial charge in [0.1, 0.15) is 17.0 Å². The Kier molecular flexibility index (Phi) is 7.98. The summed E-state index contributed by atoms with van der Waals surface area (Å²) in [6, 6.07) is 0. The molecule has 0 saturated carbocycles. The van der Waals surface area contributed by atoms with E-state index in [9.17, 15) is 14.4 Å². The molecule has 0 N–H and O–H groups in total. The van der Waals surface area contributed by atoms with Gasteiger partial charge in [0.15, 0.2) is 6.61 Å². The van der Waals surface area contributed by atoms with Crippen LogP contribution in [0, 0.1) is 17.3 Å². The molecule has 0 radical (unpaired) electrons. The van der Waals surface area contributed by atoms with Gasteiger partial charge < -0.3 is 9.47 Å². The standard InChI is InChI=1S/C15H20O5/c1-5-9-15(12(3)16,13(17)6-2)10-7-8-11-20-14(18)19-4/h5H,1,6,9-11H2,2-4H3. The maximum Gasteiger partial charge on any atom is 0.508 e. The zero-order chi connectivity index (χ0) is 15.6. The van der Waals surface area contributed by atoms with Crippen LogP contribution in [0.1, 0.15) is 33.1 Å². The molecule has 110 valence electrons. The summed E-state index contributed by atoms with van der Waals surface area (Å²) in [5.74, 6) is 4.91. The number of carbonyl (C=O) groups excluding carboxylic acids is 3. The molecule has 0 heterocycles. The Labute approximate surface area is 119 Å². The largest absolute Gasteiger partial charge is 0.508 e. The Morgan fingerprint density at radius 1 is 1.30 bits per heavy atom. The summed E-state index contributed by atoms with van der Waals surface area (Å²) in [7, 11) is 1.19. The van der Waals surface area contributed by atoms with Gasteiger partial charge in [0.2, 0.25) is 0 Å². The Morgan fingerprint density at radius 2 is 1.95 bits per heavy atom. The molecule has 1 unspecified atom stereocenters. The molecule has 0 amide bonds. The highest BCUT2D eigenvalue weighted by atomic mass is 16.7. The minimum atomic E-state index is -1.14. The lowest BCUT2D eigenvalue weighted by Crippen LogP contribution is -2.37. The first-order valence-electron chi connectivity index (χ1n) is 6.26. The normalized spacial score (nSPS) is 12.3. The van der Waals surface area contributed by atoms with E-state index < -0.39 is 11.6 Å². The van der Waals surface area contributed by atoms with Crippen molar-refractivity contribution in [1.29, 1.82) is 0 Å². The van der Waals surface area contributed by atoms with Crippen molar-refractivity contribution in [2.24, 2.45) is 5.41 Å². The number of hydrogen-bond donors (Lipinski definition) is 0. The predicted octanol–water partition coefficient (Wildman–Crippen LogP) is 2.29. The summed E-state index contributed by atoms with van der Waals surface area (Å²) < 4.78 is 8.87. The number of hydrogen-bond acceptors (Lipinski definition) is 5. The highest BCUT2D eigenvalue weighted by Crippen LogP contribution is 2.30. The molecule has 20 heavy (non-hydrogen) atoms. The average Bonchev–Trinajstić information content (AvgIpc) is 2.44. The van der Waals surface area contributed by atoms with Crippen LogP contribution in [0.4, 0.5) is 4.79 Å². The van der Waals surface area contributed by atoms with Crippen LogP contribution in [0.5, 0.6) is 0 Å². The second kappa shape index (κ2) is 8.92. The first kappa shape index (κ1) is 17.9. The van der Waals surface area contributed by atoms with Crippen LogP contribution in [-0.4, -0.2) is 31.4 Å². The Morgan fingerprint density at radius 3 is 2.40 bits per heavy atom. The Balaban J connectivity index is 4.87. The van der Waals surface area contributed by atoms with Gasteiger partial charge in [-0.15, -0.1) is 6.58 Å². The average molecular weight is 280 g/mol. The van der Waals surface area contributed by atoms with E-state index in [0.717, 1.165) is 0 Å². The topological polar surface area (TPSA) is 69.7 Å². The number of rotatable bonds is 7. The minimum Gasteiger partial charge on any atom is -0.438 e. The molecule has 0 aliphatic carbocycles. The summed E-state index contributed by atoms with van der Waals surface area (Å²) in [4.78, 5) is 34.6. The van der Waals surface area contributed by atoms with Crippen molar-refractivity contribution in [1.82, 2.24) is 0 Å². The fraction of sp³-hybridized carbons (Fsp3) is 0.533. The third-order valence-corrected chi connectivity index (χ3v) is 2.97. The summed E-state index contributed by atoms with van der Waals surface area (Å²) in [5.41, 5.74) is -1.14. The number of ether oxygens (including phenoxy) is 2. The van der Waals surface area contributed by atoms with Crippen molar-refractivity contribution >= 4 is 17.7 Å². The van der Waals surface area contributed by atoms with Crippen molar-refractivity contribution in [3.8, 4) is 11.8 Å².